The van der Waals surface area contributed by atoms with E-state index in [2.05, 4.69) is 64.7 Å². The summed E-state index contributed by atoms with van der Waals surface area (Å²) in [5.41, 5.74) is 3.45. The maximum atomic E-state index is 5.28. The zero-order chi connectivity index (χ0) is 18.2. The van der Waals surface area contributed by atoms with Gasteiger partial charge < -0.3 is 0 Å². The number of ether oxygens (including phenoxy) is 2. The number of rotatable bonds is 8. The molecule has 0 radical (unpaired) electrons. The van der Waals surface area contributed by atoms with Crippen molar-refractivity contribution in [3.05, 3.63) is 65.7 Å². The van der Waals surface area contributed by atoms with Gasteiger partial charge in [0, 0.05) is 0 Å². The van der Waals surface area contributed by atoms with Crippen LogP contribution in [0.2, 0.25) is 0 Å². The fourth-order valence-electron chi connectivity index (χ4n) is 2.62. The first kappa shape index (κ1) is 19.3. The Kier molecular flexibility index (Phi) is 7.30. The van der Waals surface area contributed by atoms with Crippen molar-refractivity contribution >= 4 is 25.7 Å². The topological polar surface area (TPSA) is 21.7 Å². The van der Waals surface area contributed by atoms with Gasteiger partial charge in [0.05, 0.1) is 0 Å². The fourth-order valence-corrected chi connectivity index (χ4v) is 3.41. The number of benzene rings is 2. The molecule has 0 amide bonds. The van der Waals surface area contributed by atoms with Crippen LogP contribution in [0, 0.1) is 0 Å². The molecule has 132 valence electrons. The monoisotopic (exact) mass is 403 g/mol. The van der Waals surface area contributed by atoms with E-state index in [9.17, 15) is 0 Å². The molecule has 3 nitrogen and oxygen atoms in total. The van der Waals surface area contributed by atoms with E-state index in [1.165, 1.54) is 0 Å². The number of hydrogen-bond acceptors (Lipinski definition) is 3. The maximum absolute atomic E-state index is 5.28. The Hall–Kier alpha value is -2.03. The van der Waals surface area contributed by atoms with Gasteiger partial charge >= 0.3 is 158 Å². The van der Waals surface area contributed by atoms with Gasteiger partial charge in [0.1, 0.15) is 0 Å². The molecule has 0 aromatic heterocycles. The van der Waals surface area contributed by atoms with Crippen LogP contribution in [0.5, 0.6) is 11.5 Å². The number of nitrogens with zero attached hydrogens (tertiary/aromatic N) is 1. The van der Waals surface area contributed by atoms with Crippen LogP contribution in [0.4, 0.5) is 0 Å². The minimum absolute atomic E-state index is 0.855. The van der Waals surface area contributed by atoms with Crippen molar-refractivity contribution < 1.29 is 9.47 Å². The van der Waals surface area contributed by atoms with E-state index in [4.69, 9.17) is 9.47 Å². The van der Waals surface area contributed by atoms with Crippen molar-refractivity contribution in [1.82, 2.24) is 4.90 Å². The van der Waals surface area contributed by atoms with Gasteiger partial charge in [-0.15, -0.1) is 0 Å². The average Bonchev–Trinajstić information content (AvgIpc) is 2.67. The van der Waals surface area contributed by atoms with E-state index in [0.29, 0.717) is 0 Å². The fraction of sp³-hybridized carbons (Fsp3) is 0.286. The predicted molar refractivity (Wildman–Crippen MR) is 107 cm³/mol. The van der Waals surface area contributed by atoms with Crippen molar-refractivity contribution in [2.24, 2.45) is 0 Å². The van der Waals surface area contributed by atoms with Crippen LogP contribution in [0.25, 0.3) is 5.57 Å². The Bertz CT molecular complexity index is 667. The van der Waals surface area contributed by atoms with Crippen LogP contribution in [-0.2, 0) is 0 Å². The van der Waals surface area contributed by atoms with E-state index in [-0.39, 0.29) is 0 Å². The molecular weight excluding hydrogens is 377 g/mol. The van der Waals surface area contributed by atoms with Gasteiger partial charge in [0.15, 0.2) is 0 Å². The molecule has 0 atom stereocenters. The van der Waals surface area contributed by atoms with Crippen LogP contribution >= 0.6 is 0 Å². The quantitative estimate of drug-likeness (QED) is 0.628. The van der Waals surface area contributed by atoms with Crippen LogP contribution in [0.3, 0.4) is 0 Å². The summed E-state index contributed by atoms with van der Waals surface area (Å²) in [4.78, 5) is 2.30. The van der Waals surface area contributed by atoms with Crippen molar-refractivity contribution in [3.63, 3.8) is 0 Å². The molecule has 25 heavy (non-hydrogen) atoms. The molecule has 0 unspecified atom stereocenters. The summed E-state index contributed by atoms with van der Waals surface area (Å²) in [6.45, 7) is 6.26. The van der Waals surface area contributed by atoms with Crippen LogP contribution in [0.15, 0.2) is 54.6 Å². The third-order valence-electron chi connectivity index (χ3n) is 4.14. The van der Waals surface area contributed by atoms with Crippen LogP contribution in [-0.4, -0.2) is 52.3 Å². The first-order valence-electron chi connectivity index (χ1n) is 8.42. The summed E-state index contributed by atoms with van der Waals surface area (Å²) >= 11 is 3.21. The van der Waals surface area contributed by atoms with E-state index >= 15 is 0 Å². The molecule has 2 aromatic carbocycles. The van der Waals surface area contributed by atoms with E-state index in [1.807, 2.05) is 24.3 Å². The van der Waals surface area contributed by atoms with Gasteiger partial charge in [-0.1, -0.05) is 0 Å². The second-order valence-corrected chi connectivity index (χ2v) is 6.40. The van der Waals surface area contributed by atoms with Gasteiger partial charge in [0.2, 0.25) is 0 Å². The third kappa shape index (κ3) is 4.97. The van der Waals surface area contributed by atoms with Crippen molar-refractivity contribution in [2.75, 3.05) is 27.3 Å². The van der Waals surface area contributed by atoms with Crippen LogP contribution in [0.1, 0.15) is 25.0 Å². The Labute approximate surface area is 158 Å². The Morgan fingerprint density at radius 3 is 1.56 bits per heavy atom. The predicted octanol–water partition coefficient (Wildman–Crippen LogP) is 3.78. The molecule has 0 saturated carbocycles. The molecule has 0 bridgehead atoms. The molecule has 0 heterocycles. The molecule has 0 aliphatic rings. The van der Waals surface area contributed by atoms with Crippen LogP contribution < -0.4 is 9.47 Å². The second-order valence-electron chi connectivity index (χ2n) is 5.53. The first-order valence-corrected chi connectivity index (χ1v) is 9.28. The zero-order valence-electron chi connectivity index (χ0n) is 15.3. The molecule has 2 rings (SSSR count). The van der Waals surface area contributed by atoms with Gasteiger partial charge in [-0.25, -0.2) is 0 Å². The Morgan fingerprint density at radius 1 is 0.840 bits per heavy atom. The Morgan fingerprint density at radius 2 is 1.24 bits per heavy atom. The summed E-state index contributed by atoms with van der Waals surface area (Å²) in [7, 11) is 3.37. The van der Waals surface area contributed by atoms with Crippen molar-refractivity contribution in [1.29, 1.82) is 0 Å². The van der Waals surface area contributed by atoms with Crippen molar-refractivity contribution in [2.45, 2.75) is 13.8 Å². The molecule has 0 aliphatic carbocycles. The summed E-state index contributed by atoms with van der Waals surface area (Å²) in [5, 5.41) is 0. The molecular formula is C21H25NO2Se. The van der Waals surface area contributed by atoms with Gasteiger partial charge in [-0.2, -0.15) is 0 Å². The van der Waals surface area contributed by atoms with Crippen molar-refractivity contribution in [3.8, 4) is 11.5 Å². The standard InChI is InChI=1S/C21H25NO2Se/c1-5-22(6-2)21(25)15-20(16-7-11-18(23-3)12-8-16)17-9-13-19(24-4)14-10-17/h7-15H,5-6H2,1-4H3. The third-order valence-corrected chi connectivity index (χ3v) is 4.93. The zero-order valence-corrected chi connectivity index (χ0v) is 17.0. The van der Waals surface area contributed by atoms with Gasteiger partial charge in [-0.3, -0.25) is 0 Å². The molecule has 2 aromatic rings. The molecule has 0 N–H and O–H groups in total. The summed E-state index contributed by atoms with van der Waals surface area (Å²) < 4.78 is 11.7. The SMILES string of the molecule is CCN(CC)C(=[Se])C=C(c1ccc(OC)cc1)c1ccc(OC)cc1. The second kappa shape index (κ2) is 9.45. The minimum atomic E-state index is 0.855. The van der Waals surface area contributed by atoms with E-state index < -0.39 is 0 Å². The Balaban J connectivity index is 2.47. The number of likely N-dealkylation sites (N-methyl/N-ethyl adjacent to an activating group) is 1. The molecule has 4 heteroatoms. The molecule has 0 aliphatic heterocycles. The summed E-state index contributed by atoms with van der Waals surface area (Å²) in [6, 6.07) is 16.3. The van der Waals surface area contributed by atoms with E-state index in [0.717, 1.165) is 45.8 Å². The van der Waals surface area contributed by atoms with Gasteiger partial charge in [0.25, 0.3) is 0 Å². The first-order chi connectivity index (χ1) is 12.1. The number of hydrogen-bond donors (Lipinski definition) is 0. The average molecular weight is 402 g/mol. The van der Waals surface area contributed by atoms with E-state index in [1.54, 1.807) is 14.2 Å². The molecule has 0 saturated heterocycles. The van der Waals surface area contributed by atoms with Gasteiger partial charge in [-0.05, 0) is 0 Å². The summed E-state index contributed by atoms with van der Waals surface area (Å²) in [6.07, 6.45) is 2.20. The molecule has 0 spiro atoms. The molecule has 0 fully saturated rings. The number of methoxy groups -OCH3 is 2. The summed E-state index contributed by atoms with van der Waals surface area (Å²) in [5.74, 6) is 1.71. The normalized spacial score (nSPS) is 10.1.